The molecule has 29 heavy (non-hydrogen) atoms. The third kappa shape index (κ3) is 4.05. The Morgan fingerprint density at radius 2 is 2.07 bits per heavy atom. The summed E-state index contributed by atoms with van der Waals surface area (Å²) in [4.78, 5) is 8.64. The predicted octanol–water partition coefficient (Wildman–Crippen LogP) is 4.18. The highest BCUT2D eigenvalue weighted by Gasteiger charge is 2.17. The monoisotopic (exact) mass is 393 g/mol. The molecule has 5 rings (SSSR count). The van der Waals surface area contributed by atoms with Gasteiger partial charge in [-0.15, -0.1) is 0 Å². The number of nitrogens with zero attached hydrogens (tertiary/aromatic N) is 4. The van der Waals surface area contributed by atoms with Crippen LogP contribution in [0.15, 0.2) is 42.7 Å². The molecule has 1 saturated heterocycles. The van der Waals surface area contributed by atoms with Gasteiger partial charge in [-0.2, -0.15) is 5.10 Å². The number of phenols is 1. The molecule has 0 amide bonds. The van der Waals surface area contributed by atoms with Gasteiger partial charge in [-0.3, -0.25) is 9.67 Å². The van der Waals surface area contributed by atoms with E-state index in [1.54, 1.807) is 43.7 Å². The number of fused-ring (bicyclic) bond motifs is 2. The quantitative estimate of drug-likeness (QED) is 0.507. The van der Waals surface area contributed by atoms with Crippen LogP contribution in [-0.2, 0) is 7.05 Å². The summed E-state index contributed by atoms with van der Waals surface area (Å²) in [6, 6.07) is 9.58. The minimum atomic E-state index is -0.735. The number of halogens is 1. The minimum Gasteiger partial charge on any atom is -0.504 e. The molecule has 1 atom stereocenters. The van der Waals surface area contributed by atoms with Crippen LogP contribution in [0.2, 0.25) is 0 Å². The molecular formula is C22H24FN5O. The van der Waals surface area contributed by atoms with Crippen LogP contribution >= 0.6 is 0 Å². The summed E-state index contributed by atoms with van der Waals surface area (Å²) >= 11 is 0. The first-order valence-electron chi connectivity index (χ1n) is 9.83. The number of rotatable bonds is 1. The van der Waals surface area contributed by atoms with E-state index >= 15 is 0 Å². The van der Waals surface area contributed by atoms with E-state index in [9.17, 15) is 9.50 Å². The first kappa shape index (κ1) is 19.3. The number of nitrogens with one attached hydrogen (secondary N) is 1. The van der Waals surface area contributed by atoms with Crippen molar-refractivity contribution in [2.24, 2.45) is 7.05 Å². The number of pyridine rings is 2. The zero-order chi connectivity index (χ0) is 20.4. The van der Waals surface area contributed by atoms with E-state index in [1.165, 1.54) is 30.5 Å². The van der Waals surface area contributed by atoms with E-state index < -0.39 is 11.6 Å². The number of aryl methyl sites for hydroxylation is 1. The summed E-state index contributed by atoms with van der Waals surface area (Å²) < 4.78 is 15.8. The lowest BCUT2D eigenvalue weighted by atomic mass is 10.1. The molecule has 2 N–H and O–H groups in total. The molecule has 4 aromatic rings. The second-order valence-corrected chi connectivity index (χ2v) is 7.42. The SMILES string of the molecule is CC1CCCCN1.Cn1cc2cc(-c3ccc4ncccc4n3)c(O)c(F)c2n1. The maximum Gasteiger partial charge on any atom is 0.193 e. The fourth-order valence-corrected chi connectivity index (χ4v) is 3.57. The molecule has 0 saturated carbocycles. The van der Waals surface area contributed by atoms with Gasteiger partial charge in [0.2, 0.25) is 0 Å². The average molecular weight is 393 g/mol. The molecule has 0 spiro atoms. The Morgan fingerprint density at radius 3 is 2.79 bits per heavy atom. The number of benzene rings is 1. The molecule has 150 valence electrons. The van der Waals surface area contributed by atoms with Crippen LogP contribution in [-0.4, -0.2) is 37.4 Å². The van der Waals surface area contributed by atoms with E-state index in [-0.39, 0.29) is 5.52 Å². The van der Waals surface area contributed by atoms with Crippen LogP contribution in [0.1, 0.15) is 26.2 Å². The number of piperidine rings is 1. The number of aromatic hydroxyl groups is 1. The summed E-state index contributed by atoms with van der Waals surface area (Å²) in [6.07, 6.45) is 7.56. The lowest BCUT2D eigenvalue weighted by molar-refractivity contribution is 0.425. The highest BCUT2D eigenvalue weighted by Crippen LogP contribution is 2.35. The van der Waals surface area contributed by atoms with Crippen molar-refractivity contribution >= 4 is 21.9 Å². The molecule has 1 aliphatic heterocycles. The Morgan fingerprint density at radius 1 is 1.21 bits per heavy atom. The molecule has 1 aromatic carbocycles. The number of hydrogen-bond donors (Lipinski definition) is 2. The van der Waals surface area contributed by atoms with Gasteiger partial charge >= 0.3 is 0 Å². The van der Waals surface area contributed by atoms with Crippen LogP contribution in [0, 0.1) is 5.82 Å². The zero-order valence-electron chi connectivity index (χ0n) is 16.6. The zero-order valence-corrected chi connectivity index (χ0v) is 16.6. The van der Waals surface area contributed by atoms with Crippen molar-refractivity contribution < 1.29 is 9.50 Å². The standard InChI is InChI=1S/C16H11FN4O.C6H13N/c1-21-8-9-7-10(16(22)14(17)15(9)20-21)11-4-5-12-13(19-11)3-2-6-18-12;1-6-4-2-3-5-7-6/h2-8,22H,1H3;6-7H,2-5H2,1H3. The van der Waals surface area contributed by atoms with Crippen molar-refractivity contribution in [1.29, 1.82) is 0 Å². The van der Waals surface area contributed by atoms with E-state index in [4.69, 9.17) is 0 Å². The molecular weight excluding hydrogens is 369 g/mol. The summed E-state index contributed by atoms with van der Waals surface area (Å²) in [6.45, 7) is 3.49. The smallest absolute Gasteiger partial charge is 0.193 e. The molecule has 0 radical (unpaired) electrons. The van der Waals surface area contributed by atoms with Gasteiger partial charge in [0.15, 0.2) is 11.6 Å². The van der Waals surface area contributed by atoms with Crippen molar-refractivity contribution in [2.45, 2.75) is 32.2 Å². The van der Waals surface area contributed by atoms with Crippen LogP contribution in [0.3, 0.4) is 0 Å². The van der Waals surface area contributed by atoms with E-state index in [2.05, 4.69) is 27.3 Å². The Labute approximate surface area is 168 Å². The molecule has 1 fully saturated rings. The third-order valence-electron chi connectivity index (χ3n) is 5.12. The van der Waals surface area contributed by atoms with Gasteiger partial charge < -0.3 is 10.4 Å². The highest BCUT2D eigenvalue weighted by molar-refractivity contribution is 5.89. The first-order chi connectivity index (χ1) is 14.0. The number of aromatic nitrogens is 4. The fourth-order valence-electron chi connectivity index (χ4n) is 3.57. The van der Waals surface area contributed by atoms with Gasteiger partial charge in [-0.05, 0) is 56.6 Å². The molecule has 6 nitrogen and oxygen atoms in total. The van der Waals surface area contributed by atoms with Crippen LogP contribution in [0.25, 0.3) is 33.2 Å². The molecule has 0 aliphatic carbocycles. The Kier molecular flexibility index (Phi) is 5.40. The van der Waals surface area contributed by atoms with Gasteiger partial charge in [0, 0.05) is 36.4 Å². The molecule has 1 aliphatic rings. The summed E-state index contributed by atoms with van der Waals surface area (Å²) in [5.41, 5.74) is 2.40. The van der Waals surface area contributed by atoms with Crippen molar-refractivity contribution in [3.8, 4) is 17.0 Å². The van der Waals surface area contributed by atoms with Crippen LogP contribution in [0.5, 0.6) is 5.75 Å². The Balaban J connectivity index is 0.000000249. The van der Waals surface area contributed by atoms with Gasteiger partial charge in [-0.1, -0.05) is 6.42 Å². The summed E-state index contributed by atoms with van der Waals surface area (Å²) in [7, 11) is 1.70. The van der Waals surface area contributed by atoms with Crippen LogP contribution in [0.4, 0.5) is 4.39 Å². The van der Waals surface area contributed by atoms with Gasteiger partial charge in [0.1, 0.15) is 5.52 Å². The van der Waals surface area contributed by atoms with Crippen molar-refractivity contribution in [3.63, 3.8) is 0 Å². The van der Waals surface area contributed by atoms with Gasteiger partial charge in [0.25, 0.3) is 0 Å². The normalized spacial score (nSPS) is 16.6. The average Bonchev–Trinajstić information content (AvgIpc) is 3.12. The summed E-state index contributed by atoms with van der Waals surface area (Å²) in [5.74, 6) is -1.18. The lowest BCUT2D eigenvalue weighted by Crippen LogP contribution is -2.30. The molecule has 0 bridgehead atoms. The fraction of sp³-hybridized carbons (Fsp3) is 0.318. The number of phenolic OH excluding ortho intramolecular Hbond substituents is 1. The van der Waals surface area contributed by atoms with Crippen molar-refractivity contribution in [1.82, 2.24) is 25.1 Å². The van der Waals surface area contributed by atoms with Crippen LogP contribution < -0.4 is 5.32 Å². The first-order valence-corrected chi connectivity index (χ1v) is 9.83. The topological polar surface area (TPSA) is 75.9 Å². The predicted molar refractivity (Wildman–Crippen MR) is 112 cm³/mol. The van der Waals surface area contributed by atoms with Crippen molar-refractivity contribution in [2.75, 3.05) is 6.54 Å². The molecule has 1 unspecified atom stereocenters. The van der Waals surface area contributed by atoms with Gasteiger partial charge in [-0.25, -0.2) is 9.37 Å². The Hall–Kier alpha value is -3.06. The highest BCUT2D eigenvalue weighted by atomic mass is 19.1. The lowest BCUT2D eigenvalue weighted by Gasteiger charge is -2.18. The largest absolute Gasteiger partial charge is 0.504 e. The van der Waals surface area contributed by atoms with Crippen molar-refractivity contribution in [3.05, 3.63) is 48.5 Å². The maximum absolute atomic E-state index is 14.3. The van der Waals surface area contributed by atoms with E-state index in [1.807, 2.05) is 6.07 Å². The van der Waals surface area contributed by atoms with E-state index in [0.29, 0.717) is 22.2 Å². The van der Waals surface area contributed by atoms with Gasteiger partial charge in [0.05, 0.1) is 16.7 Å². The second-order valence-electron chi connectivity index (χ2n) is 7.42. The maximum atomic E-state index is 14.3. The molecule has 4 heterocycles. The minimum absolute atomic E-state index is 0.145. The number of hydrogen-bond acceptors (Lipinski definition) is 5. The third-order valence-corrected chi connectivity index (χ3v) is 5.12. The summed E-state index contributed by atoms with van der Waals surface area (Å²) in [5, 5.41) is 18.2. The second kappa shape index (κ2) is 8.13. The molecule has 7 heteroatoms. The molecule has 3 aromatic heterocycles. The Bertz CT molecular complexity index is 1150. The van der Waals surface area contributed by atoms with E-state index in [0.717, 1.165) is 11.6 Å².